The molecular weight excluding hydrogens is 378 g/mol. The lowest BCUT2D eigenvalue weighted by Gasteiger charge is -2.28. The second-order valence-electron chi connectivity index (χ2n) is 8.02. The minimum Gasteiger partial charge on any atom is -0.324 e. The Labute approximate surface area is 178 Å². The number of nitrogens with zero attached hydrogens (tertiary/aromatic N) is 2. The van der Waals surface area contributed by atoms with Crippen LogP contribution in [0.4, 0.5) is 5.69 Å². The van der Waals surface area contributed by atoms with Crippen molar-refractivity contribution in [1.29, 1.82) is 0 Å². The summed E-state index contributed by atoms with van der Waals surface area (Å²) < 4.78 is 0. The molecule has 2 heterocycles. The summed E-state index contributed by atoms with van der Waals surface area (Å²) in [7, 11) is 0. The summed E-state index contributed by atoms with van der Waals surface area (Å²) in [5.41, 5.74) is 4.52. The number of anilines is 1. The van der Waals surface area contributed by atoms with Crippen LogP contribution in [-0.2, 0) is 11.3 Å². The van der Waals surface area contributed by atoms with E-state index < -0.39 is 0 Å². The van der Waals surface area contributed by atoms with Gasteiger partial charge in [-0.05, 0) is 55.6 Å². The molecule has 1 amide bonds. The van der Waals surface area contributed by atoms with E-state index in [1.165, 1.54) is 35.5 Å². The molecule has 0 bridgehead atoms. The zero-order valence-electron chi connectivity index (χ0n) is 17.3. The second-order valence-corrected chi connectivity index (χ2v) is 9.25. The van der Waals surface area contributed by atoms with Crippen LogP contribution >= 0.6 is 11.8 Å². The van der Waals surface area contributed by atoms with Gasteiger partial charge >= 0.3 is 0 Å². The highest BCUT2D eigenvalue weighted by atomic mass is 32.2. The van der Waals surface area contributed by atoms with Gasteiger partial charge in [-0.1, -0.05) is 42.5 Å². The Morgan fingerprint density at radius 2 is 1.72 bits per heavy atom. The van der Waals surface area contributed by atoms with Crippen LogP contribution in [0.5, 0.6) is 0 Å². The summed E-state index contributed by atoms with van der Waals surface area (Å²) in [5.74, 6) is 2.50. The first-order chi connectivity index (χ1) is 14.2. The molecule has 0 saturated carbocycles. The number of benzene rings is 2. The molecule has 1 unspecified atom stereocenters. The largest absolute Gasteiger partial charge is 0.324 e. The highest BCUT2D eigenvalue weighted by molar-refractivity contribution is 7.99. The first-order valence-electron chi connectivity index (χ1n) is 10.7. The molecule has 2 aromatic carbocycles. The van der Waals surface area contributed by atoms with Gasteiger partial charge in [0.1, 0.15) is 6.04 Å². The lowest BCUT2D eigenvalue weighted by Crippen LogP contribution is -2.35. The summed E-state index contributed by atoms with van der Waals surface area (Å²) in [4.78, 5) is 18.2. The molecule has 0 radical (unpaired) electrons. The zero-order chi connectivity index (χ0) is 20.1. The predicted octanol–water partition coefficient (Wildman–Crippen LogP) is 4.32. The van der Waals surface area contributed by atoms with Gasteiger partial charge in [0.2, 0.25) is 5.91 Å². The first kappa shape index (κ1) is 20.5. The fourth-order valence-corrected chi connectivity index (χ4v) is 5.33. The van der Waals surface area contributed by atoms with Crippen LogP contribution in [0, 0.1) is 6.92 Å². The first-order valence-corrected chi connectivity index (χ1v) is 11.9. The van der Waals surface area contributed by atoms with Crippen molar-refractivity contribution in [2.75, 3.05) is 43.0 Å². The molecule has 5 heteroatoms. The quantitative estimate of drug-likeness (QED) is 0.771. The number of nitrogens with one attached hydrogen (secondary N) is 1. The zero-order valence-corrected chi connectivity index (χ0v) is 18.1. The third-order valence-corrected chi connectivity index (χ3v) is 7.01. The van der Waals surface area contributed by atoms with E-state index in [4.69, 9.17) is 0 Å². The summed E-state index contributed by atoms with van der Waals surface area (Å²) in [5, 5.41) is 3.26. The fourth-order valence-electron chi connectivity index (χ4n) is 4.35. The molecule has 0 aliphatic carbocycles. The van der Waals surface area contributed by atoms with Crippen molar-refractivity contribution in [1.82, 2.24) is 9.80 Å². The van der Waals surface area contributed by atoms with Crippen molar-refractivity contribution >= 4 is 23.4 Å². The van der Waals surface area contributed by atoms with Gasteiger partial charge in [0.05, 0.1) is 0 Å². The third kappa shape index (κ3) is 5.03. The Bertz CT molecular complexity index is 814. The van der Waals surface area contributed by atoms with Crippen LogP contribution in [-0.4, -0.2) is 53.4 Å². The van der Waals surface area contributed by atoms with Crippen LogP contribution < -0.4 is 5.32 Å². The van der Waals surface area contributed by atoms with Crippen LogP contribution in [0.25, 0.3) is 0 Å². The number of amides is 1. The van der Waals surface area contributed by atoms with Gasteiger partial charge in [0.15, 0.2) is 0 Å². The molecule has 4 rings (SSSR count). The van der Waals surface area contributed by atoms with Gasteiger partial charge in [0.25, 0.3) is 0 Å². The summed E-state index contributed by atoms with van der Waals surface area (Å²) in [6, 6.07) is 16.3. The SMILES string of the molecule is Cc1c(CN2CCSCC2)cccc1NC(=O)C(c1ccccc1)N1CCCC1. The average Bonchev–Trinajstić information content (AvgIpc) is 3.27. The molecule has 2 aliphatic rings. The minimum atomic E-state index is -0.221. The van der Waals surface area contributed by atoms with Crippen molar-refractivity contribution in [3.8, 4) is 0 Å². The molecule has 0 aromatic heterocycles. The molecule has 2 fully saturated rings. The second kappa shape index (κ2) is 9.79. The van der Waals surface area contributed by atoms with E-state index in [0.29, 0.717) is 0 Å². The Balaban J connectivity index is 1.52. The number of hydrogen-bond donors (Lipinski definition) is 1. The highest BCUT2D eigenvalue weighted by Crippen LogP contribution is 2.28. The monoisotopic (exact) mass is 409 g/mol. The Morgan fingerprint density at radius 1 is 1.00 bits per heavy atom. The van der Waals surface area contributed by atoms with Crippen molar-refractivity contribution in [2.45, 2.75) is 32.4 Å². The summed E-state index contributed by atoms with van der Waals surface area (Å²) >= 11 is 2.03. The van der Waals surface area contributed by atoms with Crippen molar-refractivity contribution < 1.29 is 4.79 Å². The number of carbonyl (C=O) groups is 1. The Hall–Kier alpha value is -1.82. The molecule has 154 valence electrons. The van der Waals surface area contributed by atoms with E-state index in [9.17, 15) is 4.79 Å². The lowest BCUT2D eigenvalue weighted by molar-refractivity contribution is -0.121. The van der Waals surface area contributed by atoms with Crippen molar-refractivity contribution in [2.24, 2.45) is 0 Å². The molecule has 0 spiro atoms. The van der Waals surface area contributed by atoms with E-state index in [0.717, 1.165) is 44.0 Å². The standard InChI is InChI=1S/C24H31N3OS/c1-19-21(18-26-14-16-29-17-15-26)10-7-11-22(19)25-24(28)23(27-12-5-6-13-27)20-8-3-2-4-9-20/h2-4,7-11,23H,5-6,12-18H2,1H3,(H,25,28). The summed E-state index contributed by atoms with van der Waals surface area (Å²) in [6.07, 6.45) is 2.33. The average molecular weight is 410 g/mol. The van der Waals surface area contributed by atoms with E-state index in [1.54, 1.807) is 0 Å². The van der Waals surface area contributed by atoms with E-state index in [2.05, 4.69) is 46.3 Å². The fraction of sp³-hybridized carbons (Fsp3) is 0.458. The lowest BCUT2D eigenvalue weighted by atomic mass is 10.0. The number of carbonyl (C=O) groups excluding carboxylic acids is 1. The van der Waals surface area contributed by atoms with Gasteiger partial charge in [-0.3, -0.25) is 14.6 Å². The number of likely N-dealkylation sites (tertiary alicyclic amines) is 1. The maximum Gasteiger partial charge on any atom is 0.246 e. The van der Waals surface area contributed by atoms with Crippen LogP contribution in [0.1, 0.15) is 35.6 Å². The molecule has 4 nitrogen and oxygen atoms in total. The summed E-state index contributed by atoms with van der Waals surface area (Å²) in [6.45, 7) is 7.36. The highest BCUT2D eigenvalue weighted by Gasteiger charge is 2.30. The molecule has 2 saturated heterocycles. The number of hydrogen-bond acceptors (Lipinski definition) is 4. The number of rotatable bonds is 6. The molecule has 29 heavy (non-hydrogen) atoms. The normalized spacial score (nSPS) is 19.2. The van der Waals surface area contributed by atoms with Gasteiger partial charge in [-0.25, -0.2) is 0 Å². The van der Waals surface area contributed by atoms with Gasteiger partial charge in [0, 0.05) is 36.8 Å². The van der Waals surface area contributed by atoms with Crippen molar-refractivity contribution in [3.05, 3.63) is 65.2 Å². The molecule has 2 aromatic rings. The van der Waals surface area contributed by atoms with Gasteiger partial charge < -0.3 is 5.32 Å². The molecule has 2 aliphatic heterocycles. The molecule has 1 atom stereocenters. The van der Waals surface area contributed by atoms with Crippen molar-refractivity contribution in [3.63, 3.8) is 0 Å². The Morgan fingerprint density at radius 3 is 2.45 bits per heavy atom. The van der Waals surface area contributed by atoms with E-state index in [-0.39, 0.29) is 11.9 Å². The molecular formula is C24H31N3OS. The van der Waals surface area contributed by atoms with E-state index >= 15 is 0 Å². The topological polar surface area (TPSA) is 35.6 Å². The third-order valence-electron chi connectivity index (χ3n) is 6.07. The van der Waals surface area contributed by atoms with Crippen LogP contribution in [0.3, 0.4) is 0 Å². The van der Waals surface area contributed by atoms with Gasteiger partial charge in [-0.2, -0.15) is 11.8 Å². The van der Waals surface area contributed by atoms with Crippen LogP contribution in [0.2, 0.25) is 0 Å². The Kier molecular flexibility index (Phi) is 6.90. The maximum absolute atomic E-state index is 13.4. The smallest absolute Gasteiger partial charge is 0.246 e. The number of thioether (sulfide) groups is 1. The minimum absolute atomic E-state index is 0.0766. The van der Waals surface area contributed by atoms with E-state index in [1.807, 2.05) is 36.0 Å². The molecule has 1 N–H and O–H groups in total. The van der Waals surface area contributed by atoms with Crippen LogP contribution in [0.15, 0.2) is 48.5 Å². The van der Waals surface area contributed by atoms with Gasteiger partial charge in [-0.15, -0.1) is 0 Å². The predicted molar refractivity (Wildman–Crippen MR) is 122 cm³/mol. The maximum atomic E-state index is 13.4.